The zero-order valence-electron chi connectivity index (χ0n) is 11.7. The number of esters is 1. The summed E-state index contributed by atoms with van der Waals surface area (Å²) >= 11 is 1.18. The molecular formula is C15H13N3O2S. The van der Waals surface area contributed by atoms with Crippen molar-refractivity contribution in [2.75, 3.05) is 12.9 Å². The summed E-state index contributed by atoms with van der Waals surface area (Å²) in [4.78, 5) is 20.0. The predicted octanol–water partition coefficient (Wildman–Crippen LogP) is 2.59. The van der Waals surface area contributed by atoms with Crippen LogP contribution in [-0.4, -0.2) is 28.8 Å². The molecule has 2 rings (SSSR count). The van der Waals surface area contributed by atoms with Gasteiger partial charge in [-0.15, -0.1) is 0 Å². The number of methoxy groups -OCH3 is 1. The number of carbonyl (C=O) groups is 1. The number of carbonyl (C=O) groups excluding carboxylic acids is 1. The summed E-state index contributed by atoms with van der Waals surface area (Å²) in [5.41, 5.74) is 1.85. The molecule has 0 spiro atoms. The lowest BCUT2D eigenvalue weighted by Gasteiger charge is -2.08. The largest absolute Gasteiger partial charge is 0.468 e. The number of rotatable bonds is 4. The summed E-state index contributed by atoms with van der Waals surface area (Å²) in [5, 5.41) is 9.72. The van der Waals surface area contributed by atoms with Gasteiger partial charge in [0.05, 0.1) is 18.6 Å². The smallest absolute Gasteiger partial charge is 0.316 e. The normalized spacial score (nSPS) is 9.95. The minimum atomic E-state index is -0.360. The van der Waals surface area contributed by atoms with E-state index in [0.29, 0.717) is 22.1 Å². The van der Waals surface area contributed by atoms with E-state index in [2.05, 4.69) is 20.8 Å². The van der Waals surface area contributed by atoms with Crippen molar-refractivity contribution < 1.29 is 9.53 Å². The molecule has 0 aliphatic heterocycles. The Morgan fingerprint density at radius 3 is 2.67 bits per heavy atom. The Balaban J connectivity index is 2.40. The molecule has 0 aliphatic carbocycles. The predicted molar refractivity (Wildman–Crippen MR) is 79.7 cm³/mol. The molecule has 0 radical (unpaired) electrons. The number of ether oxygens (including phenoxy) is 1. The van der Waals surface area contributed by atoms with Crippen molar-refractivity contribution in [2.45, 2.75) is 11.9 Å². The maximum Gasteiger partial charge on any atom is 0.316 e. The second kappa shape index (κ2) is 6.86. The molecule has 6 heteroatoms. The van der Waals surface area contributed by atoms with E-state index >= 15 is 0 Å². The lowest BCUT2D eigenvalue weighted by Crippen LogP contribution is -2.05. The first kappa shape index (κ1) is 15.0. The quantitative estimate of drug-likeness (QED) is 0.490. The number of hydrogen-bond acceptors (Lipinski definition) is 6. The first-order valence-corrected chi connectivity index (χ1v) is 7.18. The minimum absolute atomic E-state index is 0.107. The van der Waals surface area contributed by atoms with Crippen LogP contribution in [0.3, 0.4) is 0 Å². The van der Waals surface area contributed by atoms with Crippen molar-refractivity contribution >= 4 is 17.7 Å². The van der Waals surface area contributed by atoms with Gasteiger partial charge in [-0.05, 0) is 6.92 Å². The summed E-state index contributed by atoms with van der Waals surface area (Å²) in [6, 6.07) is 11.6. The Morgan fingerprint density at radius 1 is 1.33 bits per heavy atom. The average molecular weight is 299 g/mol. The van der Waals surface area contributed by atoms with Crippen LogP contribution in [0, 0.1) is 18.3 Å². The third kappa shape index (κ3) is 3.58. The number of nitrogens with zero attached hydrogens (tertiary/aromatic N) is 3. The molecule has 1 aromatic heterocycles. The molecule has 0 saturated carbocycles. The molecule has 1 heterocycles. The van der Waals surface area contributed by atoms with Gasteiger partial charge in [-0.3, -0.25) is 4.79 Å². The summed E-state index contributed by atoms with van der Waals surface area (Å²) in [7, 11) is 1.33. The van der Waals surface area contributed by atoms with E-state index < -0.39 is 0 Å². The summed E-state index contributed by atoms with van der Waals surface area (Å²) in [5.74, 6) is 0.288. The molecular weight excluding hydrogens is 286 g/mol. The first-order valence-electron chi connectivity index (χ1n) is 6.19. The van der Waals surface area contributed by atoms with Gasteiger partial charge in [0.2, 0.25) is 0 Å². The Morgan fingerprint density at radius 2 is 2.05 bits per heavy atom. The van der Waals surface area contributed by atoms with Crippen molar-refractivity contribution in [3.63, 3.8) is 0 Å². The topological polar surface area (TPSA) is 75.9 Å². The first-order chi connectivity index (χ1) is 10.2. The second-order valence-corrected chi connectivity index (χ2v) is 5.12. The van der Waals surface area contributed by atoms with Crippen LogP contribution in [-0.2, 0) is 9.53 Å². The highest BCUT2D eigenvalue weighted by Gasteiger charge is 2.14. The van der Waals surface area contributed by atoms with Crippen LogP contribution in [0.1, 0.15) is 11.3 Å². The van der Waals surface area contributed by atoms with Crippen LogP contribution >= 0.6 is 11.8 Å². The fourth-order valence-corrected chi connectivity index (χ4v) is 2.54. The summed E-state index contributed by atoms with van der Waals surface area (Å²) < 4.78 is 4.60. The Hall–Kier alpha value is -2.39. The Kier molecular flexibility index (Phi) is 4.90. The second-order valence-electron chi connectivity index (χ2n) is 4.16. The van der Waals surface area contributed by atoms with Crippen LogP contribution < -0.4 is 0 Å². The standard InChI is InChI=1S/C15H13N3O2S/c1-10-12(8-16)15(21-9-13(19)20-2)18-14(17-10)11-6-4-3-5-7-11/h3-7H,9H2,1-2H3. The lowest BCUT2D eigenvalue weighted by molar-refractivity contribution is -0.137. The van der Waals surface area contributed by atoms with Gasteiger partial charge in [-0.2, -0.15) is 5.26 Å². The van der Waals surface area contributed by atoms with E-state index in [1.54, 1.807) is 6.92 Å². The van der Waals surface area contributed by atoms with Crippen molar-refractivity contribution in [3.05, 3.63) is 41.6 Å². The molecule has 0 atom stereocenters. The van der Waals surface area contributed by atoms with Crippen LogP contribution in [0.2, 0.25) is 0 Å². The van der Waals surface area contributed by atoms with E-state index in [0.717, 1.165) is 5.56 Å². The molecule has 0 N–H and O–H groups in total. The number of thioether (sulfide) groups is 1. The van der Waals surface area contributed by atoms with Crippen LogP contribution in [0.15, 0.2) is 35.4 Å². The molecule has 0 fully saturated rings. The van der Waals surface area contributed by atoms with E-state index in [-0.39, 0.29) is 11.7 Å². The van der Waals surface area contributed by atoms with Crippen molar-refractivity contribution in [1.29, 1.82) is 5.26 Å². The van der Waals surface area contributed by atoms with E-state index in [9.17, 15) is 10.1 Å². The van der Waals surface area contributed by atoms with Gasteiger partial charge in [-0.1, -0.05) is 42.1 Å². The SMILES string of the molecule is COC(=O)CSc1nc(-c2ccccc2)nc(C)c1C#N. The molecule has 5 nitrogen and oxygen atoms in total. The molecule has 0 bridgehead atoms. The van der Waals surface area contributed by atoms with Gasteiger partial charge >= 0.3 is 5.97 Å². The zero-order chi connectivity index (χ0) is 15.2. The van der Waals surface area contributed by atoms with Gasteiger partial charge < -0.3 is 4.74 Å². The molecule has 0 aliphatic rings. The Bertz CT molecular complexity index is 696. The third-order valence-electron chi connectivity index (χ3n) is 2.75. The summed E-state index contributed by atoms with van der Waals surface area (Å²) in [6.45, 7) is 1.76. The number of benzene rings is 1. The van der Waals surface area contributed by atoms with Crippen LogP contribution in [0.5, 0.6) is 0 Å². The highest BCUT2D eigenvalue weighted by molar-refractivity contribution is 7.99. The molecule has 0 unspecified atom stereocenters. The van der Waals surface area contributed by atoms with E-state index in [4.69, 9.17) is 0 Å². The molecule has 1 aromatic carbocycles. The number of nitriles is 1. The molecule has 2 aromatic rings. The Labute approximate surface area is 127 Å². The highest BCUT2D eigenvalue weighted by Crippen LogP contribution is 2.25. The van der Waals surface area contributed by atoms with Gasteiger partial charge in [0.1, 0.15) is 16.7 Å². The molecule has 106 valence electrons. The van der Waals surface area contributed by atoms with Gasteiger partial charge in [0.15, 0.2) is 5.82 Å². The van der Waals surface area contributed by atoms with Crippen molar-refractivity contribution in [3.8, 4) is 17.5 Å². The fraction of sp³-hybridized carbons (Fsp3) is 0.200. The van der Waals surface area contributed by atoms with E-state index in [1.165, 1.54) is 18.9 Å². The molecule has 0 saturated heterocycles. The van der Waals surface area contributed by atoms with Crippen molar-refractivity contribution in [2.24, 2.45) is 0 Å². The van der Waals surface area contributed by atoms with Crippen LogP contribution in [0.25, 0.3) is 11.4 Å². The minimum Gasteiger partial charge on any atom is -0.468 e. The number of hydrogen-bond donors (Lipinski definition) is 0. The third-order valence-corrected chi connectivity index (χ3v) is 3.70. The van der Waals surface area contributed by atoms with Crippen molar-refractivity contribution in [1.82, 2.24) is 9.97 Å². The maximum absolute atomic E-state index is 11.3. The van der Waals surface area contributed by atoms with Gasteiger partial charge in [0.25, 0.3) is 0 Å². The highest BCUT2D eigenvalue weighted by atomic mass is 32.2. The number of aryl methyl sites for hydroxylation is 1. The monoisotopic (exact) mass is 299 g/mol. The average Bonchev–Trinajstić information content (AvgIpc) is 2.52. The lowest BCUT2D eigenvalue weighted by atomic mass is 10.2. The van der Waals surface area contributed by atoms with Gasteiger partial charge in [0, 0.05) is 5.56 Å². The maximum atomic E-state index is 11.3. The van der Waals surface area contributed by atoms with Crippen LogP contribution in [0.4, 0.5) is 0 Å². The molecule has 0 amide bonds. The van der Waals surface area contributed by atoms with E-state index in [1.807, 2.05) is 30.3 Å². The number of aromatic nitrogens is 2. The summed E-state index contributed by atoms with van der Waals surface area (Å²) in [6.07, 6.45) is 0. The fourth-order valence-electron chi connectivity index (χ4n) is 1.68. The molecule has 21 heavy (non-hydrogen) atoms. The van der Waals surface area contributed by atoms with Gasteiger partial charge in [-0.25, -0.2) is 9.97 Å². The zero-order valence-corrected chi connectivity index (χ0v) is 12.5.